The molecule has 5 aromatic rings. The van der Waals surface area contributed by atoms with Crippen molar-refractivity contribution in [2.45, 2.75) is 37.9 Å². The number of hydrogen-bond donors (Lipinski definition) is 1. The normalized spacial score (nSPS) is 11.4. The zero-order valence-electron chi connectivity index (χ0n) is 22.1. The number of carbonyl (C=O) groups is 1. The number of rotatable bonds is 9. The van der Waals surface area contributed by atoms with Crippen LogP contribution in [0.3, 0.4) is 0 Å². The molecule has 0 aliphatic rings. The van der Waals surface area contributed by atoms with Crippen molar-refractivity contribution in [3.05, 3.63) is 109 Å². The molecule has 0 atom stereocenters. The fourth-order valence-corrected chi connectivity index (χ4v) is 4.73. The maximum atomic E-state index is 12.8. The first kappa shape index (κ1) is 26.3. The van der Waals surface area contributed by atoms with E-state index in [2.05, 4.69) is 60.6 Å². The van der Waals surface area contributed by atoms with Crippen LogP contribution in [0, 0.1) is 0 Å². The molecule has 0 saturated heterocycles. The van der Waals surface area contributed by atoms with E-state index in [1.807, 2.05) is 71.3 Å². The van der Waals surface area contributed by atoms with Gasteiger partial charge in [-0.05, 0) is 59.5 Å². The molecule has 0 aliphatic heterocycles. The van der Waals surface area contributed by atoms with Crippen molar-refractivity contribution in [1.29, 1.82) is 0 Å². The molecule has 0 bridgehead atoms. The number of aromatic nitrogens is 3. The molecule has 0 radical (unpaired) electrons. The van der Waals surface area contributed by atoms with Gasteiger partial charge in [0, 0.05) is 11.3 Å². The van der Waals surface area contributed by atoms with E-state index in [1.54, 1.807) is 6.26 Å². The number of para-hydroxylation sites is 1. The van der Waals surface area contributed by atoms with E-state index in [0.717, 1.165) is 22.9 Å². The van der Waals surface area contributed by atoms with Gasteiger partial charge in [-0.1, -0.05) is 75.0 Å². The first-order valence-corrected chi connectivity index (χ1v) is 13.7. The van der Waals surface area contributed by atoms with Gasteiger partial charge in [-0.2, -0.15) is 0 Å². The summed E-state index contributed by atoms with van der Waals surface area (Å²) in [5, 5.41) is 12.5. The van der Waals surface area contributed by atoms with Gasteiger partial charge in [0.2, 0.25) is 5.91 Å². The molecular formula is C31H30N4O3S. The third-order valence-corrected chi connectivity index (χ3v) is 7.04. The molecule has 0 saturated carbocycles. The fourth-order valence-electron chi connectivity index (χ4n) is 3.99. The molecule has 0 aliphatic carbocycles. The largest absolute Gasteiger partial charge is 0.467 e. The summed E-state index contributed by atoms with van der Waals surface area (Å²) in [5.74, 6) is 3.01. The minimum atomic E-state index is -0.139. The van der Waals surface area contributed by atoms with Crippen molar-refractivity contribution in [1.82, 2.24) is 14.8 Å². The van der Waals surface area contributed by atoms with Crippen LogP contribution in [0.1, 0.15) is 32.1 Å². The minimum absolute atomic E-state index is 0.0595. The summed E-state index contributed by atoms with van der Waals surface area (Å²) >= 11 is 1.34. The number of carbonyl (C=O) groups excluding carboxylic acids is 1. The van der Waals surface area contributed by atoms with Gasteiger partial charge in [0.1, 0.15) is 17.3 Å². The molecule has 8 heteroatoms. The lowest BCUT2D eigenvalue weighted by Crippen LogP contribution is -2.14. The zero-order valence-corrected chi connectivity index (χ0v) is 22.9. The number of thioether (sulfide) groups is 1. The molecule has 3 aromatic carbocycles. The number of furan rings is 1. The molecule has 0 fully saturated rings. The van der Waals surface area contributed by atoms with Crippen LogP contribution < -0.4 is 10.1 Å². The van der Waals surface area contributed by atoms with Gasteiger partial charge < -0.3 is 14.5 Å². The monoisotopic (exact) mass is 538 g/mol. The molecule has 2 aromatic heterocycles. The summed E-state index contributed by atoms with van der Waals surface area (Å²) in [6, 6.07) is 29.0. The number of nitrogens with one attached hydrogen (secondary N) is 1. The maximum absolute atomic E-state index is 12.8. The Kier molecular flexibility index (Phi) is 7.84. The number of nitrogens with zero attached hydrogens (tertiary/aromatic N) is 3. The van der Waals surface area contributed by atoms with Crippen molar-refractivity contribution >= 4 is 23.4 Å². The number of anilines is 1. The Balaban J connectivity index is 1.26. The molecular weight excluding hydrogens is 508 g/mol. The minimum Gasteiger partial charge on any atom is -0.467 e. The second-order valence-corrected chi connectivity index (χ2v) is 11.0. The van der Waals surface area contributed by atoms with Crippen molar-refractivity contribution < 1.29 is 13.9 Å². The van der Waals surface area contributed by atoms with Crippen molar-refractivity contribution in [2.75, 3.05) is 11.1 Å². The van der Waals surface area contributed by atoms with E-state index in [9.17, 15) is 4.79 Å². The third kappa shape index (κ3) is 6.78. The second-order valence-electron chi connectivity index (χ2n) is 10.1. The highest BCUT2D eigenvalue weighted by Crippen LogP contribution is 2.29. The topological polar surface area (TPSA) is 82.2 Å². The lowest BCUT2D eigenvalue weighted by molar-refractivity contribution is -0.113. The maximum Gasteiger partial charge on any atom is 0.234 e. The van der Waals surface area contributed by atoms with Crippen LogP contribution >= 0.6 is 11.8 Å². The van der Waals surface area contributed by atoms with Crippen LogP contribution in [0.25, 0.3) is 11.4 Å². The van der Waals surface area contributed by atoms with E-state index in [4.69, 9.17) is 9.15 Å². The highest BCUT2D eigenvalue weighted by atomic mass is 32.2. The quantitative estimate of drug-likeness (QED) is 0.197. The molecule has 7 nitrogen and oxygen atoms in total. The van der Waals surface area contributed by atoms with Crippen molar-refractivity contribution in [3.8, 4) is 22.9 Å². The predicted molar refractivity (Wildman–Crippen MR) is 154 cm³/mol. The smallest absolute Gasteiger partial charge is 0.234 e. The van der Waals surface area contributed by atoms with Gasteiger partial charge in [0.05, 0.1) is 18.6 Å². The molecule has 0 spiro atoms. The van der Waals surface area contributed by atoms with Crippen LogP contribution in [0.5, 0.6) is 11.5 Å². The van der Waals surface area contributed by atoms with Crippen molar-refractivity contribution in [3.63, 3.8) is 0 Å². The highest BCUT2D eigenvalue weighted by molar-refractivity contribution is 7.99. The van der Waals surface area contributed by atoms with Crippen LogP contribution in [0.2, 0.25) is 0 Å². The van der Waals surface area contributed by atoms with Crippen LogP contribution in [0.15, 0.2) is 107 Å². The number of hydrogen-bond acceptors (Lipinski definition) is 6. The van der Waals surface area contributed by atoms with E-state index in [-0.39, 0.29) is 17.1 Å². The lowest BCUT2D eigenvalue weighted by atomic mass is 9.87. The average molecular weight is 539 g/mol. The Hall–Kier alpha value is -4.30. The van der Waals surface area contributed by atoms with Crippen LogP contribution in [-0.2, 0) is 16.8 Å². The standard InChI is InChI=1S/C31H30N4O3S/c1-31(2,3)23-13-11-22(12-14-23)29-33-34-30(35(29)20-27-10-7-19-37-27)39-21-28(36)32-24-15-17-26(18-16-24)38-25-8-5-4-6-9-25/h4-19H,20-21H2,1-3H3,(H,32,36). The Morgan fingerprint density at radius 3 is 2.28 bits per heavy atom. The Morgan fingerprint density at radius 1 is 0.897 bits per heavy atom. The average Bonchev–Trinajstić information content (AvgIpc) is 3.59. The molecule has 1 N–H and O–H groups in total. The van der Waals surface area contributed by atoms with Gasteiger partial charge in [0.25, 0.3) is 0 Å². The van der Waals surface area contributed by atoms with Gasteiger partial charge >= 0.3 is 0 Å². The van der Waals surface area contributed by atoms with E-state index in [1.165, 1.54) is 17.3 Å². The third-order valence-electron chi connectivity index (χ3n) is 6.07. The molecule has 2 heterocycles. The Labute approximate surface area is 232 Å². The molecule has 5 rings (SSSR count). The van der Waals surface area contributed by atoms with Crippen LogP contribution in [-0.4, -0.2) is 26.4 Å². The molecule has 0 unspecified atom stereocenters. The molecule has 198 valence electrons. The summed E-state index contributed by atoms with van der Waals surface area (Å²) < 4.78 is 13.4. The first-order valence-electron chi connectivity index (χ1n) is 12.7. The molecule has 1 amide bonds. The lowest BCUT2D eigenvalue weighted by Gasteiger charge is -2.19. The van der Waals surface area contributed by atoms with E-state index >= 15 is 0 Å². The number of benzene rings is 3. The first-order chi connectivity index (χ1) is 18.8. The second kappa shape index (κ2) is 11.6. The van der Waals surface area contributed by atoms with E-state index < -0.39 is 0 Å². The fraction of sp³-hybridized carbons (Fsp3) is 0.194. The summed E-state index contributed by atoms with van der Waals surface area (Å²) in [4.78, 5) is 12.8. The SMILES string of the molecule is CC(C)(C)c1ccc(-c2nnc(SCC(=O)Nc3ccc(Oc4ccccc4)cc3)n2Cc2ccco2)cc1. The number of ether oxygens (including phenoxy) is 1. The Bertz CT molecular complexity index is 1510. The van der Waals surface area contributed by atoms with Gasteiger partial charge in [-0.3, -0.25) is 9.36 Å². The summed E-state index contributed by atoms with van der Waals surface area (Å²) in [6.07, 6.45) is 1.65. The van der Waals surface area contributed by atoms with Crippen LogP contribution in [0.4, 0.5) is 5.69 Å². The summed E-state index contributed by atoms with van der Waals surface area (Å²) in [6.45, 7) is 7.03. The zero-order chi connectivity index (χ0) is 27.2. The summed E-state index contributed by atoms with van der Waals surface area (Å²) in [7, 11) is 0. The predicted octanol–water partition coefficient (Wildman–Crippen LogP) is 7.41. The highest BCUT2D eigenvalue weighted by Gasteiger charge is 2.19. The van der Waals surface area contributed by atoms with E-state index in [0.29, 0.717) is 23.1 Å². The number of amides is 1. The van der Waals surface area contributed by atoms with Gasteiger partial charge in [-0.25, -0.2) is 0 Å². The summed E-state index contributed by atoms with van der Waals surface area (Å²) in [5.41, 5.74) is 2.95. The van der Waals surface area contributed by atoms with Gasteiger partial charge in [-0.15, -0.1) is 10.2 Å². The Morgan fingerprint density at radius 2 is 1.62 bits per heavy atom. The molecule has 39 heavy (non-hydrogen) atoms. The van der Waals surface area contributed by atoms with Crippen molar-refractivity contribution in [2.24, 2.45) is 0 Å². The van der Waals surface area contributed by atoms with Gasteiger partial charge in [0.15, 0.2) is 11.0 Å².